The Kier molecular flexibility index (Phi) is 4.49. The Labute approximate surface area is 93.4 Å². The third-order valence-electron chi connectivity index (χ3n) is 1.62. The number of rotatable bonds is 5. The van der Waals surface area contributed by atoms with Crippen molar-refractivity contribution < 1.29 is 8.42 Å². The van der Waals surface area contributed by atoms with E-state index in [2.05, 4.69) is 9.97 Å². The topological polar surface area (TPSA) is 85.9 Å². The third-order valence-corrected chi connectivity index (χ3v) is 3.85. The first-order valence-corrected chi connectivity index (χ1v) is 7.38. The molecular weight excluding hydrogens is 234 g/mol. The van der Waals surface area contributed by atoms with Crippen LogP contribution in [0.5, 0.6) is 0 Å². The van der Waals surface area contributed by atoms with Crippen LogP contribution in [0, 0.1) is 0 Å². The summed E-state index contributed by atoms with van der Waals surface area (Å²) < 4.78 is 21.8. The van der Waals surface area contributed by atoms with E-state index in [1.807, 2.05) is 0 Å². The summed E-state index contributed by atoms with van der Waals surface area (Å²) in [5.74, 6) is 0.614. The van der Waals surface area contributed by atoms with E-state index in [0.717, 1.165) is 0 Å². The molecule has 15 heavy (non-hydrogen) atoms. The summed E-state index contributed by atoms with van der Waals surface area (Å²) in [5, 5.41) is 0.712. The summed E-state index contributed by atoms with van der Waals surface area (Å²) in [4.78, 5) is 8.15. The largest absolute Gasteiger partial charge is 0.325 e. The van der Waals surface area contributed by atoms with E-state index in [1.165, 1.54) is 18.0 Å². The second-order valence-corrected chi connectivity index (χ2v) is 6.33. The minimum Gasteiger partial charge on any atom is -0.325 e. The molecule has 7 heteroatoms. The van der Waals surface area contributed by atoms with Gasteiger partial charge in [-0.1, -0.05) is 0 Å². The van der Waals surface area contributed by atoms with Crippen LogP contribution in [0.25, 0.3) is 0 Å². The number of hydrogen-bond donors (Lipinski definition) is 1. The van der Waals surface area contributed by atoms with Gasteiger partial charge in [0.1, 0.15) is 14.9 Å². The summed E-state index contributed by atoms with van der Waals surface area (Å²) in [6, 6.07) is 0. The predicted octanol–water partition coefficient (Wildman–Crippen LogP) is 0.0720. The zero-order chi connectivity index (χ0) is 11.3. The monoisotopic (exact) mass is 247 g/mol. The van der Waals surface area contributed by atoms with Crippen LogP contribution >= 0.6 is 11.8 Å². The van der Waals surface area contributed by atoms with Gasteiger partial charge in [0.25, 0.3) is 0 Å². The number of nitrogens with two attached hydrogens (primary N) is 1. The number of hydrogen-bond acceptors (Lipinski definition) is 6. The maximum atomic E-state index is 10.9. The molecule has 5 nitrogen and oxygen atoms in total. The van der Waals surface area contributed by atoms with Crippen molar-refractivity contribution in [3.05, 3.63) is 18.1 Å². The molecule has 0 radical (unpaired) electrons. The highest BCUT2D eigenvalue weighted by Gasteiger charge is 2.06. The SMILES string of the molecule is CS(=O)(=O)CCSc1nccnc1CN. The van der Waals surface area contributed by atoms with E-state index < -0.39 is 9.84 Å². The van der Waals surface area contributed by atoms with Crippen molar-refractivity contribution in [1.82, 2.24) is 9.97 Å². The summed E-state index contributed by atoms with van der Waals surface area (Å²) >= 11 is 1.37. The van der Waals surface area contributed by atoms with Crippen molar-refractivity contribution in [2.45, 2.75) is 11.6 Å². The fourth-order valence-electron chi connectivity index (χ4n) is 0.904. The third kappa shape index (κ3) is 4.59. The molecule has 0 aromatic carbocycles. The molecule has 84 valence electrons. The molecule has 1 aromatic heterocycles. The van der Waals surface area contributed by atoms with E-state index in [0.29, 0.717) is 23.0 Å². The standard InChI is InChI=1S/C8H13N3O2S2/c1-15(12,13)5-4-14-8-7(6-9)10-2-3-11-8/h2-3H,4-6,9H2,1H3. The highest BCUT2D eigenvalue weighted by atomic mass is 32.2. The first kappa shape index (κ1) is 12.4. The van der Waals surface area contributed by atoms with Crippen LogP contribution in [0.2, 0.25) is 0 Å². The van der Waals surface area contributed by atoms with Crippen molar-refractivity contribution in [2.75, 3.05) is 17.8 Å². The molecule has 1 aromatic rings. The van der Waals surface area contributed by atoms with Gasteiger partial charge in [0.2, 0.25) is 0 Å². The Morgan fingerprint density at radius 2 is 2.07 bits per heavy atom. The lowest BCUT2D eigenvalue weighted by Crippen LogP contribution is -2.07. The van der Waals surface area contributed by atoms with E-state index in [4.69, 9.17) is 5.73 Å². The van der Waals surface area contributed by atoms with Gasteiger partial charge in [0, 0.05) is 30.9 Å². The Morgan fingerprint density at radius 1 is 1.40 bits per heavy atom. The molecule has 1 heterocycles. The van der Waals surface area contributed by atoms with Crippen LogP contribution < -0.4 is 5.73 Å². The molecule has 0 amide bonds. The van der Waals surface area contributed by atoms with E-state index in [9.17, 15) is 8.42 Å². The zero-order valence-corrected chi connectivity index (χ0v) is 10.0. The van der Waals surface area contributed by atoms with E-state index >= 15 is 0 Å². The van der Waals surface area contributed by atoms with Crippen LogP contribution in [-0.4, -0.2) is 36.1 Å². The lowest BCUT2D eigenvalue weighted by molar-refractivity contribution is 0.603. The van der Waals surface area contributed by atoms with Gasteiger partial charge in [0.05, 0.1) is 11.4 Å². The molecule has 0 unspecified atom stereocenters. The summed E-state index contributed by atoms with van der Waals surface area (Å²) in [7, 11) is -2.91. The molecule has 2 N–H and O–H groups in total. The smallest absolute Gasteiger partial charge is 0.148 e. The predicted molar refractivity (Wildman–Crippen MR) is 60.4 cm³/mol. The average Bonchev–Trinajstić information content (AvgIpc) is 2.16. The first-order chi connectivity index (χ1) is 7.03. The molecule has 0 bridgehead atoms. The van der Waals surface area contributed by atoms with Crippen LogP contribution in [0.3, 0.4) is 0 Å². The zero-order valence-electron chi connectivity index (χ0n) is 8.38. The number of sulfone groups is 1. The van der Waals surface area contributed by atoms with Gasteiger partial charge >= 0.3 is 0 Å². The normalized spacial score (nSPS) is 11.6. The Bertz CT molecular complexity index is 420. The van der Waals surface area contributed by atoms with Gasteiger partial charge < -0.3 is 5.73 Å². The molecule has 0 spiro atoms. The first-order valence-electron chi connectivity index (χ1n) is 4.33. The molecular formula is C8H13N3O2S2. The molecule has 0 atom stereocenters. The Morgan fingerprint density at radius 3 is 2.67 bits per heavy atom. The van der Waals surface area contributed by atoms with E-state index in [1.54, 1.807) is 12.4 Å². The van der Waals surface area contributed by atoms with Gasteiger partial charge in [-0.05, 0) is 0 Å². The van der Waals surface area contributed by atoms with Gasteiger partial charge in [0.15, 0.2) is 0 Å². The van der Waals surface area contributed by atoms with Crippen molar-refractivity contribution in [3.63, 3.8) is 0 Å². The highest BCUT2D eigenvalue weighted by molar-refractivity contribution is 8.00. The fourth-order valence-corrected chi connectivity index (χ4v) is 3.08. The van der Waals surface area contributed by atoms with Crippen molar-refractivity contribution in [1.29, 1.82) is 0 Å². The molecule has 0 aliphatic heterocycles. The van der Waals surface area contributed by atoms with Crippen LogP contribution in [0.4, 0.5) is 0 Å². The lowest BCUT2D eigenvalue weighted by atomic mass is 10.5. The van der Waals surface area contributed by atoms with Crippen molar-refractivity contribution >= 4 is 21.6 Å². The van der Waals surface area contributed by atoms with Gasteiger partial charge in [-0.3, -0.25) is 4.98 Å². The molecule has 1 rings (SSSR count). The summed E-state index contributed by atoms with van der Waals surface area (Å²) in [5.41, 5.74) is 6.18. The van der Waals surface area contributed by atoms with Crippen molar-refractivity contribution in [3.8, 4) is 0 Å². The number of nitrogens with zero attached hydrogens (tertiary/aromatic N) is 2. The van der Waals surface area contributed by atoms with Crippen LogP contribution in [0.15, 0.2) is 17.4 Å². The molecule has 0 fully saturated rings. The minimum absolute atomic E-state index is 0.137. The number of thioether (sulfide) groups is 1. The van der Waals surface area contributed by atoms with Crippen molar-refractivity contribution in [2.24, 2.45) is 5.73 Å². The fraction of sp³-hybridized carbons (Fsp3) is 0.500. The van der Waals surface area contributed by atoms with Gasteiger partial charge in [-0.15, -0.1) is 11.8 Å². The van der Waals surface area contributed by atoms with Gasteiger partial charge in [-0.25, -0.2) is 13.4 Å². The number of aromatic nitrogens is 2. The second kappa shape index (κ2) is 5.43. The lowest BCUT2D eigenvalue weighted by Gasteiger charge is -2.03. The quantitative estimate of drug-likeness (QED) is 0.741. The average molecular weight is 247 g/mol. The van der Waals surface area contributed by atoms with Gasteiger partial charge in [-0.2, -0.15) is 0 Å². The van der Waals surface area contributed by atoms with Crippen LogP contribution in [-0.2, 0) is 16.4 Å². The Hall–Kier alpha value is -0.660. The summed E-state index contributed by atoms with van der Waals surface area (Å²) in [6.07, 6.45) is 4.36. The van der Waals surface area contributed by atoms with Crippen LogP contribution in [0.1, 0.15) is 5.69 Å². The second-order valence-electron chi connectivity index (χ2n) is 2.99. The summed E-state index contributed by atoms with van der Waals surface area (Å²) in [6.45, 7) is 0.315. The maximum absolute atomic E-state index is 10.9. The molecule has 0 aliphatic carbocycles. The van der Waals surface area contributed by atoms with E-state index in [-0.39, 0.29) is 5.75 Å². The maximum Gasteiger partial charge on any atom is 0.148 e. The Balaban J connectivity index is 2.58. The minimum atomic E-state index is -2.91. The molecule has 0 saturated heterocycles. The molecule has 0 aliphatic rings. The highest BCUT2D eigenvalue weighted by Crippen LogP contribution is 2.17. The molecule has 0 saturated carbocycles.